The Labute approximate surface area is 74.0 Å². The molecule has 1 N–H and O–H groups in total. The highest BCUT2D eigenvalue weighted by molar-refractivity contribution is 5.78. The van der Waals surface area contributed by atoms with Crippen molar-refractivity contribution in [3.8, 4) is 0 Å². The van der Waals surface area contributed by atoms with Crippen LogP contribution >= 0.6 is 0 Å². The zero-order valence-electron chi connectivity index (χ0n) is 7.10. The lowest BCUT2D eigenvalue weighted by Crippen LogP contribution is -2.02. The van der Waals surface area contributed by atoms with E-state index in [0.717, 1.165) is 5.69 Å². The Morgan fingerprint density at radius 1 is 1.31 bits per heavy atom. The number of nitrogens with one attached hydrogen (secondary N) is 1. The number of hydrogen-bond donors (Lipinski definition) is 1. The van der Waals surface area contributed by atoms with Gasteiger partial charge in [-0.25, -0.2) is 4.39 Å². The van der Waals surface area contributed by atoms with Crippen molar-refractivity contribution in [1.29, 1.82) is 0 Å². The fourth-order valence-electron chi connectivity index (χ4n) is 1.36. The van der Waals surface area contributed by atoms with Crippen molar-refractivity contribution in [2.75, 3.05) is 0 Å². The summed E-state index contributed by atoms with van der Waals surface area (Å²) >= 11 is 0. The van der Waals surface area contributed by atoms with Gasteiger partial charge in [0.1, 0.15) is 5.82 Å². The zero-order valence-corrected chi connectivity index (χ0v) is 7.10. The van der Waals surface area contributed by atoms with Gasteiger partial charge in [0.05, 0.1) is 5.52 Å². The van der Waals surface area contributed by atoms with E-state index in [2.05, 4.69) is 4.98 Å². The highest BCUT2D eigenvalue weighted by Gasteiger charge is 2.00. The molecule has 2 aromatic rings. The minimum atomic E-state index is -0.339. The summed E-state index contributed by atoms with van der Waals surface area (Å²) in [5.74, 6) is -0.339. The lowest BCUT2D eigenvalue weighted by atomic mass is 10.2. The predicted molar refractivity (Wildman–Crippen MR) is 49.3 cm³/mol. The van der Waals surface area contributed by atoms with Crippen molar-refractivity contribution in [1.82, 2.24) is 4.98 Å². The number of aromatic nitrogens is 1. The van der Waals surface area contributed by atoms with Gasteiger partial charge < -0.3 is 4.98 Å². The fourth-order valence-corrected chi connectivity index (χ4v) is 1.36. The number of aryl methyl sites for hydroxylation is 1. The quantitative estimate of drug-likeness (QED) is 0.655. The van der Waals surface area contributed by atoms with Crippen molar-refractivity contribution >= 4 is 10.9 Å². The van der Waals surface area contributed by atoms with Crippen molar-refractivity contribution in [3.63, 3.8) is 0 Å². The summed E-state index contributed by atoms with van der Waals surface area (Å²) in [6.07, 6.45) is 0. The van der Waals surface area contributed by atoms with Crippen LogP contribution in [0.1, 0.15) is 5.69 Å². The molecule has 2 nitrogen and oxygen atoms in total. The smallest absolute Gasteiger partial charge is 0.189 e. The molecule has 3 heteroatoms. The third-order valence-corrected chi connectivity index (χ3v) is 1.93. The van der Waals surface area contributed by atoms with Crippen LogP contribution in [0.15, 0.2) is 29.1 Å². The highest BCUT2D eigenvalue weighted by Crippen LogP contribution is 2.09. The van der Waals surface area contributed by atoms with E-state index in [0.29, 0.717) is 10.9 Å². The fraction of sp³-hybridized carbons (Fsp3) is 0.100. The number of H-pyrrole nitrogens is 1. The van der Waals surface area contributed by atoms with E-state index in [1.165, 1.54) is 24.3 Å². The number of hydrogen-bond acceptors (Lipinski definition) is 1. The van der Waals surface area contributed by atoms with Crippen LogP contribution in [0.25, 0.3) is 10.9 Å². The van der Waals surface area contributed by atoms with Crippen molar-refractivity contribution in [2.45, 2.75) is 6.92 Å². The molecule has 1 aromatic heterocycles. The molecule has 0 radical (unpaired) electrons. The van der Waals surface area contributed by atoms with Crippen LogP contribution in [0.4, 0.5) is 4.39 Å². The van der Waals surface area contributed by atoms with Crippen LogP contribution < -0.4 is 5.43 Å². The summed E-state index contributed by atoms with van der Waals surface area (Å²) in [5.41, 5.74) is 1.21. The van der Waals surface area contributed by atoms with Gasteiger partial charge in [-0.15, -0.1) is 0 Å². The highest BCUT2D eigenvalue weighted by atomic mass is 19.1. The summed E-state index contributed by atoms with van der Waals surface area (Å²) in [7, 11) is 0. The minimum Gasteiger partial charge on any atom is -0.358 e. The zero-order chi connectivity index (χ0) is 9.42. The molecule has 0 saturated carbocycles. The molecule has 0 unspecified atom stereocenters. The third kappa shape index (κ3) is 1.33. The van der Waals surface area contributed by atoms with Gasteiger partial charge in [0.25, 0.3) is 0 Å². The standard InChI is InChI=1S/C10H8FNO/c1-6-4-10(13)8-3-2-7(11)5-9(8)12-6/h2-5H,1H3,(H,12,13). The molecule has 0 saturated heterocycles. The lowest BCUT2D eigenvalue weighted by molar-refractivity contribution is 0.629. The number of rotatable bonds is 0. The summed E-state index contributed by atoms with van der Waals surface area (Å²) in [4.78, 5) is 14.3. The van der Waals surface area contributed by atoms with Gasteiger partial charge in [-0.05, 0) is 25.1 Å². The molecule has 13 heavy (non-hydrogen) atoms. The lowest BCUT2D eigenvalue weighted by Gasteiger charge is -1.98. The Balaban J connectivity index is 2.95. The molecule has 1 heterocycles. The van der Waals surface area contributed by atoms with Gasteiger partial charge >= 0.3 is 0 Å². The van der Waals surface area contributed by atoms with Gasteiger partial charge in [-0.1, -0.05) is 0 Å². The molecule has 2 rings (SSSR count). The molecule has 0 spiro atoms. The summed E-state index contributed by atoms with van der Waals surface area (Å²) in [6, 6.07) is 5.60. The van der Waals surface area contributed by atoms with Gasteiger partial charge in [0.2, 0.25) is 0 Å². The van der Waals surface area contributed by atoms with E-state index >= 15 is 0 Å². The van der Waals surface area contributed by atoms with Crippen molar-refractivity contribution < 1.29 is 4.39 Å². The largest absolute Gasteiger partial charge is 0.358 e. The number of halogens is 1. The van der Waals surface area contributed by atoms with Gasteiger partial charge in [0.15, 0.2) is 5.43 Å². The number of aromatic amines is 1. The molecule has 0 aliphatic carbocycles. The van der Waals surface area contributed by atoms with E-state index in [1.54, 1.807) is 6.92 Å². The summed E-state index contributed by atoms with van der Waals surface area (Å²) in [5, 5.41) is 0.520. The Morgan fingerprint density at radius 3 is 2.85 bits per heavy atom. The van der Waals surface area contributed by atoms with Crippen molar-refractivity contribution in [2.24, 2.45) is 0 Å². The number of pyridine rings is 1. The molecule has 66 valence electrons. The number of benzene rings is 1. The van der Waals surface area contributed by atoms with Crippen molar-refractivity contribution in [3.05, 3.63) is 46.0 Å². The molecule has 0 bridgehead atoms. The Bertz CT molecular complexity index is 511. The predicted octanol–water partition coefficient (Wildman–Crippen LogP) is 1.98. The second-order valence-electron chi connectivity index (χ2n) is 3.01. The number of fused-ring (bicyclic) bond motifs is 1. The Kier molecular flexibility index (Phi) is 1.65. The molecule has 0 fully saturated rings. The van der Waals surface area contributed by atoms with Crippen LogP contribution in [0.5, 0.6) is 0 Å². The Morgan fingerprint density at radius 2 is 2.08 bits per heavy atom. The molecular weight excluding hydrogens is 169 g/mol. The summed E-state index contributed by atoms with van der Waals surface area (Å²) in [6.45, 7) is 1.77. The maximum absolute atomic E-state index is 12.8. The Hall–Kier alpha value is -1.64. The first-order valence-corrected chi connectivity index (χ1v) is 3.96. The molecule has 0 aliphatic heterocycles. The van der Waals surface area contributed by atoms with E-state index in [1.807, 2.05) is 0 Å². The normalized spacial score (nSPS) is 10.6. The third-order valence-electron chi connectivity index (χ3n) is 1.93. The molecular formula is C10H8FNO. The first kappa shape index (κ1) is 7.98. The monoisotopic (exact) mass is 177 g/mol. The SMILES string of the molecule is Cc1cc(=O)c2ccc(F)cc2[nH]1. The van der Waals surface area contributed by atoms with Crippen LogP contribution in [0.3, 0.4) is 0 Å². The van der Waals surface area contributed by atoms with Crippen LogP contribution in [-0.4, -0.2) is 4.98 Å². The molecule has 0 amide bonds. The average molecular weight is 177 g/mol. The van der Waals surface area contributed by atoms with E-state index in [4.69, 9.17) is 0 Å². The molecule has 0 atom stereocenters. The van der Waals surface area contributed by atoms with Gasteiger partial charge in [-0.3, -0.25) is 4.79 Å². The van der Waals surface area contributed by atoms with E-state index in [9.17, 15) is 9.18 Å². The van der Waals surface area contributed by atoms with Crippen LogP contribution in [-0.2, 0) is 0 Å². The average Bonchev–Trinajstić information content (AvgIpc) is 2.02. The first-order chi connectivity index (χ1) is 6.16. The first-order valence-electron chi connectivity index (χ1n) is 3.96. The van der Waals surface area contributed by atoms with Gasteiger partial charge in [0, 0.05) is 17.1 Å². The summed E-state index contributed by atoms with van der Waals surface area (Å²) < 4.78 is 12.8. The minimum absolute atomic E-state index is 0.0775. The van der Waals surface area contributed by atoms with E-state index in [-0.39, 0.29) is 11.2 Å². The van der Waals surface area contributed by atoms with Crippen LogP contribution in [0, 0.1) is 12.7 Å². The van der Waals surface area contributed by atoms with Gasteiger partial charge in [-0.2, -0.15) is 0 Å². The maximum Gasteiger partial charge on any atom is 0.189 e. The molecule has 1 aromatic carbocycles. The molecule has 0 aliphatic rings. The van der Waals surface area contributed by atoms with Crippen LogP contribution in [0.2, 0.25) is 0 Å². The second-order valence-corrected chi connectivity index (χ2v) is 3.01. The second kappa shape index (κ2) is 2.69. The maximum atomic E-state index is 12.8. The van der Waals surface area contributed by atoms with E-state index < -0.39 is 0 Å². The topological polar surface area (TPSA) is 32.9 Å².